The number of hydrogen-bond acceptors (Lipinski definition) is 4. The first-order chi connectivity index (χ1) is 6.61. The Balaban J connectivity index is 3.72. The maximum atomic E-state index is 10.9. The van der Waals surface area contributed by atoms with Crippen molar-refractivity contribution in [3.8, 4) is 0 Å². The molecular formula is C9H15NO4. The Kier molecular flexibility index (Phi) is 6.39. The molecule has 0 saturated carbocycles. The van der Waals surface area contributed by atoms with Gasteiger partial charge >= 0.3 is 5.97 Å². The third kappa shape index (κ3) is 5.31. The van der Waals surface area contributed by atoms with Gasteiger partial charge in [0, 0.05) is 0 Å². The number of unbranched alkanes of at least 4 members (excludes halogenated alkanes) is 1. The summed E-state index contributed by atoms with van der Waals surface area (Å²) in [5.41, 5.74) is 1.82. The molecule has 0 radical (unpaired) electrons. The monoisotopic (exact) mass is 201 g/mol. The van der Waals surface area contributed by atoms with E-state index in [0.29, 0.717) is 6.42 Å². The number of nitrogens with one attached hydrogen (secondary N) is 1. The fraction of sp³-hybridized carbons (Fsp3) is 0.556. The number of rotatable bonds is 5. The molecule has 5 nitrogen and oxygen atoms in total. The lowest BCUT2D eigenvalue weighted by molar-refractivity contribution is -0.165. The van der Waals surface area contributed by atoms with Gasteiger partial charge in [0.1, 0.15) is 0 Å². The molecule has 0 rings (SSSR count). The van der Waals surface area contributed by atoms with E-state index in [1.165, 1.54) is 0 Å². The lowest BCUT2D eigenvalue weighted by atomic mass is 10.2. The highest BCUT2D eigenvalue weighted by atomic mass is 16.7. The number of hydrogen-bond donors (Lipinski definition) is 2. The Labute approximate surface area is 82.7 Å². The molecule has 80 valence electrons. The highest BCUT2D eigenvalue weighted by Gasteiger charge is 2.16. The van der Waals surface area contributed by atoms with Gasteiger partial charge in [-0.2, -0.15) is 5.48 Å². The van der Waals surface area contributed by atoms with Crippen LogP contribution in [0.4, 0.5) is 0 Å². The summed E-state index contributed by atoms with van der Waals surface area (Å²) in [6.07, 6.45) is 1.72. The largest absolute Gasteiger partial charge is 0.381 e. The zero-order chi connectivity index (χ0) is 11.0. The van der Waals surface area contributed by atoms with Crippen molar-refractivity contribution >= 4 is 11.9 Å². The predicted octanol–water partition coefficient (Wildman–Crippen LogP) is 0.298. The van der Waals surface area contributed by atoms with Crippen molar-refractivity contribution in [1.29, 1.82) is 0 Å². The van der Waals surface area contributed by atoms with Crippen LogP contribution in [0.3, 0.4) is 0 Å². The summed E-state index contributed by atoms with van der Waals surface area (Å²) in [5.74, 6) is -1.48. The summed E-state index contributed by atoms with van der Waals surface area (Å²) in [5, 5.41) is 9.18. The first-order valence-electron chi connectivity index (χ1n) is 4.43. The number of carbonyl (C=O) groups is 2. The van der Waals surface area contributed by atoms with E-state index in [1.54, 1.807) is 0 Å². The number of amides is 1. The van der Waals surface area contributed by atoms with E-state index >= 15 is 0 Å². The lowest BCUT2D eigenvalue weighted by Gasteiger charge is -2.08. The predicted molar refractivity (Wildman–Crippen MR) is 50.0 cm³/mol. The molecule has 0 aromatic rings. The minimum absolute atomic E-state index is 0.333. The molecule has 0 saturated heterocycles. The molecule has 0 aliphatic heterocycles. The molecule has 1 amide bonds. The van der Waals surface area contributed by atoms with Crippen molar-refractivity contribution < 1.29 is 19.5 Å². The van der Waals surface area contributed by atoms with E-state index in [2.05, 4.69) is 11.4 Å². The number of aliphatic hydroxyl groups is 1. The molecule has 0 aromatic heterocycles. The molecular weight excluding hydrogens is 186 g/mol. The second kappa shape index (κ2) is 7.08. The van der Waals surface area contributed by atoms with Crippen LogP contribution in [0.5, 0.6) is 0 Å². The summed E-state index contributed by atoms with van der Waals surface area (Å²) >= 11 is 0. The van der Waals surface area contributed by atoms with Gasteiger partial charge in [0.15, 0.2) is 6.10 Å². The molecule has 0 aromatic carbocycles. The fourth-order valence-corrected chi connectivity index (χ4v) is 0.726. The van der Waals surface area contributed by atoms with Crippen LogP contribution in [0.1, 0.15) is 26.2 Å². The topological polar surface area (TPSA) is 75.6 Å². The van der Waals surface area contributed by atoms with Crippen LogP contribution in [-0.2, 0) is 14.4 Å². The van der Waals surface area contributed by atoms with Crippen LogP contribution >= 0.6 is 0 Å². The van der Waals surface area contributed by atoms with Crippen molar-refractivity contribution in [1.82, 2.24) is 5.48 Å². The molecule has 2 N–H and O–H groups in total. The smallest absolute Gasteiger partial charge is 0.360 e. The standard InChI is InChI=1S/C9H15NO4/c1-3-5-6-7(11)9(13)14-10-8(12)4-2/h4,7,11H,2-3,5-6H2,1H3,(H,10,12). The van der Waals surface area contributed by atoms with Gasteiger partial charge in [0.05, 0.1) is 0 Å². The minimum atomic E-state index is -1.18. The molecule has 5 heteroatoms. The maximum absolute atomic E-state index is 10.9. The average molecular weight is 201 g/mol. The number of hydroxylamine groups is 1. The molecule has 0 fully saturated rings. The van der Waals surface area contributed by atoms with Crippen molar-refractivity contribution in [2.75, 3.05) is 0 Å². The molecule has 0 bridgehead atoms. The van der Waals surface area contributed by atoms with E-state index in [-0.39, 0.29) is 0 Å². The SMILES string of the molecule is C=CC(=O)NOC(=O)C(O)CCCC. The van der Waals surface area contributed by atoms with Gasteiger partial charge in [-0.3, -0.25) is 4.79 Å². The van der Waals surface area contributed by atoms with Gasteiger partial charge in [0.2, 0.25) is 0 Å². The summed E-state index contributed by atoms with van der Waals surface area (Å²) in [7, 11) is 0. The number of carbonyl (C=O) groups excluding carboxylic acids is 2. The van der Waals surface area contributed by atoms with E-state index < -0.39 is 18.0 Å². The number of aliphatic hydroxyl groups excluding tert-OH is 1. The Morgan fingerprint density at radius 3 is 2.79 bits per heavy atom. The van der Waals surface area contributed by atoms with Gasteiger partial charge in [-0.1, -0.05) is 26.3 Å². The minimum Gasteiger partial charge on any atom is -0.381 e. The normalized spacial score (nSPS) is 11.6. The molecule has 0 aliphatic carbocycles. The second-order valence-electron chi connectivity index (χ2n) is 2.75. The van der Waals surface area contributed by atoms with Gasteiger partial charge in [-0.25, -0.2) is 4.79 Å². The van der Waals surface area contributed by atoms with Crippen LogP contribution in [0.15, 0.2) is 12.7 Å². The van der Waals surface area contributed by atoms with E-state index in [9.17, 15) is 14.7 Å². The van der Waals surface area contributed by atoms with Crippen LogP contribution in [0.2, 0.25) is 0 Å². The third-order valence-corrected chi connectivity index (χ3v) is 1.54. The summed E-state index contributed by atoms with van der Waals surface area (Å²) in [4.78, 5) is 25.8. The Morgan fingerprint density at radius 1 is 1.64 bits per heavy atom. The van der Waals surface area contributed by atoms with Gasteiger partial charge in [0.25, 0.3) is 5.91 Å². The molecule has 0 heterocycles. The zero-order valence-corrected chi connectivity index (χ0v) is 8.16. The average Bonchev–Trinajstić information content (AvgIpc) is 2.21. The van der Waals surface area contributed by atoms with E-state index in [4.69, 9.17) is 0 Å². The molecule has 1 atom stereocenters. The quantitative estimate of drug-likeness (QED) is 0.495. The first-order valence-corrected chi connectivity index (χ1v) is 4.43. The van der Waals surface area contributed by atoms with Crippen molar-refractivity contribution in [2.45, 2.75) is 32.3 Å². The van der Waals surface area contributed by atoms with Crippen molar-refractivity contribution in [3.05, 3.63) is 12.7 Å². The Hall–Kier alpha value is -1.36. The van der Waals surface area contributed by atoms with Crippen molar-refractivity contribution in [2.24, 2.45) is 0 Å². The highest BCUT2D eigenvalue weighted by Crippen LogP contribution is 2.01. The summed E-state index contributed by atoms with van der Waals surface area (Å²) in [6.45, 7) is 5.11. The molecule has 0 aliphatic rings. The van der Waals surface area contributed by atoms with E-state index in [0.717, 1.165) is 18.9 Å². The van der Waals surface area contributed by atoms with Gasteiger partial charge in [-0.05, 0) is 12.5 Å². The highest BCUT2D eigenvalue weighted by molar-refractivity contribution is 5.87. The fourth-order valence-electron chi connectivity index (χ4n) is 0.726. The zero-order valence-electron chi connectivity index (χ0n) is 8.16. The van der Waals surface area contributed by atoms with Crippen LogP contribution in [0, 0.1) is 0 Å². The van der Waals surface area contributed by atoms with Gasteiger partial charge < -0.3 is 9.94 Å². The first kappa shape index (κ1) is 12.6. The van der Waals surface area contributed by atoms with E-state index in [1.807, 2.05) is 12.4 Å². The van der Waals surface area contributed by atoms with Gasteiger partial charge in [-0.15, -0.1) is 0 Å². The Bertz CT molecular complexity index is 215. The third-order valence-electron chi connectivity index (χ3n) is 1.54. The summed E-state index contributed by atoms with van der Waals surface area (Å²) < 4.78 is 0. The molecule has 0 spiro atoms. The van der Waals surface area contributed by atoms with Crippen LogP contribution in [-0.4, -0.2) is 23.1 Å². The molecule has 1 unspecified atom stereocenters. The molecule has 14 heavy (non-hydrogen) atoms. The summed E-state index contributed by atoms with van der Waals surface area (Å²) in [6, 6.07) is 0. The lowest BCUT2D eigenvalue weighted by Crippen LogP contribution is -2.32. The van der Waals surface area contributed by atoms with Crippen molar-refractivity contribution in [3.63, 3.8) is 0 Å². The maximum Gasteiger partial charge on any atom is 0.360 e. The second-order valence-corrected chi connectivity index (χ2v) is 2.75. The Morgan fingerprint density at radius 2 is 2.29 bits per heavy atom. The van der Waals surface area contributed by atoms with Crippen LogP contribution < -0.4 is 5.48 Å². The van der Waals surface area contributed by atoms with Crippen LogP contribution in [0.25, 0.3) is 0 Å².